The van der Waals surface area contributed by atoms with E-state index in [0.29, 0.717) is 17.8 Å². The first kappa shape index (κ1) is 11.5. The molecule has 0 saturated heterocycles. The van der Waals surface area contributed by atoms with E-state index in [-0.39, 0.29) is 0 Å². The molecule has 19 heavy (non-hydrogen) atoms. The average molecular weight is 255 g/mol. The van der Waals surface area contributed by atoms with E-state index in [0.717, 1.165) is 5.56 Å². The van der Waals surface area contributed by atoms with Crippen LogP contribution in [0.1, 0.15) is 5.56 Å². The van der Waals surface area contributed by atoms with E-state index in [1.54, 1.807) is 0 Å². The fraction of sp³-hybridized carbons (Fsp3) is 0.0769. The maximum absolute atomic E-state index is 11.4. The standard InChI is InChI=1S/C13H10N4O2/c18-13(19)17-7-6-14-11(12(17)9-15-16-17)8-10-4-2-1-3-5-10/h1-7,9H,8H2/p+1. The molecule has 3 rings (SSSR count). The summed E-state index contributed by atoms with van der Waals surface area (Å²) in [5.41, 5.74) is 2.22. The van der Waals surface area contributed by atoms with Gasteiger partial charge < -0.3 is 5.11 Å². The highest BCUT2D eigenvalue weighted by atomic mass is 16.4. The number of nitrogens with zero attached hydrogens (tertiary/aromatic N) is 4. The number of amides is 1. The van der Waals surface area contributed by atoms with Crippen molar-refractivity contribution < 1.29 is 14.5 Å². The summed E-state index contributed by atoms with van der Waals surface area (Å²) in [7, 11) is 0. The molecule has 0 aromatic heterocycles. The lowest BCUT2D eigenvalue weighted by molar-refractivity contribution is -0.768. The van der Waals surface area contributed by atoms with E-state index in [9.17, 15) is 9.90 Å². The summed E-state index contributed by atoms with van der Waals surface area (Å²) in [4.78, 5) is 15.7. The van der Waals surface area contributed by atoms with Gasteiger partial charge in [0.25, 0.3) is 0 Å². The summed E-state index contributed by atoms with van der Waals surface area (Å²) in [6, 6.07) is 9.75. The van der Waals surface area contributed by atoms with Gasteiger partial charge in [-0.2, -0.15) is 4.79 Å². The van der Waals surface area contributed by atoms with Crippen LogP contribution >= 0.6 is 0 Å². The summed E-state index contributed by atoms with van der Waals surface area (Å²) in [5.74, 6) is 0. The molecule has 1 unspecified atom stereocenters. The van der Waals surface area contributed by atoms with Crippen LogP contribution in [0.2, 0.25) is 0 Å². The summed E-state index contributed by atoms with van der Waals surface area (Å²) < 4.78 is -0.647. The summed E-state index contributed by atoms with van der Waals surface area (Å²) in [6.07, 6.45) is 3.78. The third kappa shape index (κ3) is 1.78. The molecule has 2 aliphatic heterocycles. The van der Waals surface area contributed by atoms with Gasteiger partial charge in [0.1, 0.15) is 11.9 Å². The number of aliphatic imine (C=N–C) groups is 1. The van der Waals surface area contributed by atoms with Gasteiger partial charge in [-0.05, 0) is 10.2 Å². The molecule has 0 aliphatic carbocycles. The summed E-state index contributed by atoms with van der Waals surface area (Å²) in [6.45, 7) is 0. The SMILES string of the molecule is O=C(O)[N+]12C=CN=C(Cc3ccccc3)C1=CN=N2. The van der Waals surface area contributed by atoms with Crippen molar-refractivity contribution in [3.8, 4) is 0 Å². The molecule has 0 saturated carbocycles. The van der Waals surface area contributed by atoms with E-state index >= 15 is 0 Å². The molecular formula is C13H11N4O2+. The Bertz CT molecular complexity index is 646. The van der Waals surface area contributed by atoms with Crippen LogP contribution in [0.25, 0.3) is 0 Å². The van der Waals surface area contributed by atoms with Crippen molar-refractivity contribution >= 4 is 11.8 Å². The maximum atomic E-state index is 11.4. The van der Waals surface area contributed by atoms with Crippen LogP contribution < -0.4 is 0 Å². The van der Waals surface area contributed by atoms with Crippen molar-refractivity contribution in [3.63, 3.8) is 0 Å². The average Bonchev–Trinajstić information content (AvgIpc) is 2.86. The van der Waals surface area contributed by atoms with Gasteiger partial charge >= 0.3 is 6.09 Å². The predicted molar refractivity (Wildman–Crippen MR) is 67.9 cm³/mol. The first-order valence-corrected chi connectivity index (χ1v) is 5.76. The Hall–Kier alpha value is -2.60. The molecule has 6 nitrogen and oxygen atoms in total. The molecule has 0 fully saturated rings. The number of carbonyl (C=O) groups is 1. The smallest absolute Gasteiger partial charge is 0.433 e. The van der Waals surface area contributed by atoms with Crippen molar-refractivity contribution in [1.29, 1.82) is 0 Å². The van der Waals surface area contributed by atoms with Crippen LogP contribution in [0.4, 0.5) is 4.79 Å². The molecular weight excluding hydrogens is 244 g/mol. The van der Waals surface area contributed by atoms with Gasteiger partial charge in [-0.1, -0.05) is 30.3 Å². The molecule has 0 bridgehead atoms. The number of carboxylic acid groups (broad SMARTS) is 1. The van der Waals surface area contributed by atoms with Crippen LogP contribution in [0.3, 0.4) is 0 Å². The van der Waals surface area contributed by atoms with E-state index in [4.69, 9.17) is 0 Å². The van der Waals surface area contributed by atoms with Crippen molar-refractivity contribution in [1.82, 2.24) is 0 Å². The number of quaternary nitrogens is 1. The van der Waals surface area contributed by atoms with Crippen LogP contribution in [0.5, 0.6) is 0 Å². The Balaban J connectivity index is 1.95. The Morgan fingerprint density at radius 3 is 2.79 bits per heavy atom. The molecule has 1 aromatic rings. The second kappa shape index (κ2) is 4.25. The Kier molecular flexibility index (Phi) is 2.57. The summed E-state index contributed by atoms with van der Waals surface area (Å²) in [5, 5.41) is 16.9. The second-order valence-electron chi connectivity index (χ2n) is 4.22. The molecule has 1 N–H and O–H groups in total. The molecule has 1 amide bonds. The topological polar surface area (TPSA) is 74.4 Å². The minimum Gasteiger partial charge on any atom is -0.433 e. The van der Waals surface area contributed by atoms with Crippen LogP contribution in [-0.2, 0) is 6.42 Å². The zero-order valence-electron chi connectivity index (χ0n) is 9.97. The normalized spacial score (nSPS) is 23.8. The number of rotatable bonds is 2. The first-order valence-electron chi connectivity index (χ1n) is 5.76. The predicted octanol–water partition coefficient (Wildman–Crippen LogP) is 2.87. The van der Waals surface area contributed by atoms with Crippen LogP contribution in [0, 0.1) is 0 Å². The molecule has 2 aliphatic rings. The molecule has 2 heterocycles. The minimum absolute atomic E-state index is 0.485. The van der Waals surface area contributed by atoms with Crippen LogP contribution in [-0.4, -0.2) is 21.5 Å². The van der Waals surface area contributed by atoms with Crippen molar-refractivity contribution in [3.05, 3.63) is 60.2 Å². The number of allylic oxidation sites excluding steroid dienone is 1. The number of benzene rings is 1. The highest BCUT2D eigenvalue weighted by Crippen LogP contribution is 2.31. The fourth-order valence-corrected chi connectivity index (χ4v) is 2.10. The van der Waals surface area contributed by atoms with Crippen molar-refractivity contribution in [2.75, 3.05) is 0 Å². The highest BCUT2D eigenvalue weighted by molar-refractivity contribution is 6.01. The van der Waals surface area contributed by atoms with Gasteiger partial charge in [-0.3, -0.25) is 0 Å². The van der Waals surface area contributed by atoms with Crippen molar-refractivity contribution in [2.24, 2.45) is 15.3 Å². The van der Waals surface area contributed by atoms with Gasteiger partial charge in [0.15, 0.2) is 6.20 Å². The zero-order chi connectivity index (χ0) is 13.3. The quantitative estimate of drug-likeness (QED) is 0.825. The molecule has 6 heteroatoms. The van der Waals surface area contributed by atoms with E-state index in [1.165, 1.54) is 18.6 Å². The Morgan fingerprint density at radius 2 is 2.05 bits per heavy atom. The van der Waals surface area contributed by atoms with E-state index < -0.39 is 10.7 Å². The van der Waals surface area contributed by atoms with Crippen molar-refractivity contribution in [2.45, 2.75) is 6.42 Å². The molecule has 1 aromatic carbocycles. The number of hydrogen-bond acceptors (Lipinski definition) is 4. The lowest BCUT2D eigenvalue weighted by atomic mass is 10.1. The monoisotopic (exact) mass is 255 g/mol. The zero-order valence-corrected chi connectivity index (χ0v) is 9.97. The lowest BCUT2D eigenvalue weighted by Gasteiger charge is -2.21. The van der Waals surface area contributed by atoms with Gasteiger partial charge in [0.2, 0.25) is 5.70 Å². The third-order valence-electron chi connectivity index (χ3n) is 3.05. The number of fused-ring (bicyclic) bond motifs is 1. The number of hydrogen-bond donors (Lipinski definition) is 1. The Labute approximate surface area is 109 Å². The summed E-state index contributed by atoms with van der Waals surface area (Å²) >= 11 is 0. The lowest BCUT2D eigenvalue weighted by Crippen LogP contribution is -2.43. The van der Waals surface area contributed by atoms with E-state index in [1.807, 2.05) is 30.3 Å². The largest absolute Gasteiger partial charge is 0.552 e. The molecule has 0 spiro atoms. The Morgan fingerprint density at radius 1 is 1.26 bits per heavy atom. The fourth-order valence-electron chi connectivity index (χ4n) is 2.10. The molecule has 0 radical (unpaired) electrons. The van der Waals surface area contributed by atoms with Gasteiger partial charge in [-0.15, -0.1) is 5.11 Å². The molecule has 1 atom stereocenters. The van der Waals surface area contributed by atoms with Gasteiger partial charge in [-0.25, -0.2) is 4.99 Å². The maximum Gasteiger partial charge on any atom is 0.552 e. The molecule has 94 valence electrons. The second-order valence-corrected chi connectivity index (χ2v) is 4.22. The third-order valence-corrected chi connectivity index (χ3v) is 3.05. The minimum atomic E-state index is -1.09. The van der Waals surface area contributed by atoms with Crippen LogP contribution in [0.15, 0.2) is 70.0 Å². The van der Waals surface area contributed by atoms with Gasteiger partial charge in [0.05, 0.1) is 11.4 Å². The highest BCUT2D eigenvalue weighted by Gasteiger charge is 2.48. The van der Waals surface area contributed by atoms with E-state index in [2.05, 4.69) is 15.3 Å². The van der Waals surface area contributed by atoms with Gasteiger partial charge in [0, 0.05) is 6.42 Å². The first-order chi connectivity index (χ1) is 9.22.